The minimum Gasteiger partial charge on any atom is -0.384 e. The van der Waals surface area contributed by atoms with E-state index in [1.165, 1.54) is 23.9 Å². The lowest BCUT2D eigenvalue weighted by Crippen LogP contribution is -2.28. The Labute approximate surface area is 91.5 Å². The minimum atomic E-state index is -1.33. The number of aryl methyl sites for hydroxylation is 1. The van der Waals surface area contributed by atoms with Gasteiger partial charge in [0.15, 0.2) is 0 Å². The summed E-state index contributed by atoms with van der Waals surface area (Å²) in [6.07, 6.45) is 0.412. The maximum absolute atomic E-state index is 13.8. The summed E-state index contributed by atoms with van der Waals surface area (Å²) >= 11 is 1.52. The average molecular weight is 230 g/mol. The molecule has 0 bridgehead atoms. The molecular formula is C11H12F2OS. The van der Waals surface area contributed by atoms with Crippen LogP contribution in [0.1, 0.15) is 17.5 Å². The molecule has 2 rings (SSSR count). The van der Waals surface area contributed by atoms with Gasteiger partial charge < -0.3 is 5.11 Å². The second-order valence-corrected chi connectivity index (χ2v) is 4.99. The highest BCUT2D eigenvalue weighted by Gasteiger charge is 2.38. The van der Waals surface area contributed by atoms with Crippen LogP contribution < -0.4 is 0 Å². The molecule has 1 saturated heterocycles. The Hall–Kier alpha value is -0.610. The molecule has 0 aromatic heterocycles. The van der Waals surface area contributed by atoms with Crippen LogP contribution in [0.5, 0.6) is 0 Å². The Kier molecular flexibility index (Phi) is 2.73. The molecule has 1 aromatic carbocycles. The molecule has 0 radical (unpaired) electrons. The van der Waals surface area contributed by atoms with Crippen LogP contribution in [0.15, 0.2) is 12.1 Å². The summed E-state index contributed by atoms with van der Waals surface area (Å²) in [5.41, 5.74) is -1.12. The van der Waals surface area contributed by atoms with E-state index in [4.69, 9.17) is 0 Å². The monoisotopic (exact) mass is 230 g/mol. The number of hydrogen-bond donors (Lipinski definition) is 1. The molecule has 1 aliphatic rings. The van der Waals surface area contributed by atoms with Gasteiger partial charge in [-0.2, -0.15) is 11.8 Å². The number of rotatable bonds is 1. The van der Waals surface area contributed by atoms with Gasteiger partial charge in [0, 0.05) is 5.75 Å². The fourth-order valence-corrected chi connectivity index (χ4v) is 3.09. The molecule has 0 spiro atoms. The predicted molar refractivity (Wildman–Crippen MR) is 56.9 cm³/mol. The lowest BCUT2D eigenvalue weighted by molar-refractivity contribution is 0.0576. The quantitative estimate of drug-likeness (QED) is 0.800. The molecule has 1 heterocycles. The lowest BCUT2D eigenvalue weighted by atomic mass is 9.91. The SMILES string of the molecule is Cc1ccc(F)c(C2(O)CCSC2)c1F. The molecule has 1 unspecified atom stereocenters. The van der Waals surface area contributed by atoms with Gasteiger partial charge in [-0.1, -0.05) is 6.07 Å². The zero-order chi connectivity index (χ0) is 11.1. The summed E-state index contributed by atoms with van der Waals surface area (Å²) in [5, 5.41) is 10.1. The van der Waals surface area contributed by atoms with Crippen molar-refractivity contribution >= 4 is 11.8 Å². The first-order chi connectivity index (χ1) is 7.04. The first kappa shape index (κ1) is 10.9. The standard InChI is InChI=1S/C11H12F2OS/c1-7-2-3-8(12)9(10(7)13)11(14)4-5-15-6-11/h2-3,14H,4-6H2,1H3. The van der Waals surface area contributed by atoms with Crippen LogP contribution in [-0.4, -0.2) is 16.6 Å². The number of aliphatic hydroxyl groups is 1. The maximum atomic E-state index is 13.8. The summed E-state index contributed by atoms with van der Waals surface area (Å²) in [5.74, 6) is -0.156. The highest BCUT2D eigenvalue weighted by Crippen LogP contribution is 2.39. The summed E-state index contributed by atoms with van der Waals surface area (Å²) in [6, 6.07) is 2.61. The van der Waals surface area contributed by atoms with Gasteiger partial charge in [0.05, 0.1) is 5.56 Å². The van der Waals surface area contributed by atoms with Gasteiger partial charge in [-0.3, -0.25) is 0 Å². The molecule has 0 saturated carbocycles. The van der Waals surface area contributed by atoms with E-state index in [2.05, 4.69) is 0 Å². The third kappa shape index (κ3) is 1.76. The second-order valence-electron chi connectivity index (χ2n) is 3.89. The second kappa shape index (κ2) is 3.76. The molecular weight excluding hydrogens is 218 g/mol. The fourth-order valence-electron chi connectivity index (χ4n) is 1.83. The highest BCUT2D eigenvalue weighted by molar-refractivity contribution is 7.99. The highest BCUT2D eigenvalue weighted by atomic mass is 32.2. The minimum absolute atomic E-state index is 0.160. The van der Waals surface area contributed by atoms with Crippen molar-refractivity contribution in [2.24, 2.45) is 0 Å². The van der Waals surface area contributed by atoms with Gasteiger partial charge in [0.1, 0.15) is 17.2 Å². The number of thioether (sulfide) groups is 1. The smallest absolute Gasteiger partial charge is 0.135 e. The van der Waals surface area contributed by atoms with E-state index in [0.717, 1.165) is 5.75 Å². The van der Waals surface area contributed by atoms with Gasteiger partial charge in [-0.15, -0.1) is 0 Å². The van der Waals surface area contributed by atoms with Crippen molar-refractivity contribution in [3.8, 4) is 0 Å². The third-order valence-electron chi connectivity index (χ3n) is 2.75. The molecule has 1 aromatic rings. The molecule has 1 fully saturated rings. The zero-order valence-corrected chi connectivity index (χ0v) is 9.20. The van der Waals surface area contributed by atoms with Crippen molar-refractivity contribution < 1.29 is 13.9 Å². The van der Waals surface area contributed by atoms with Crippen molar-refractivity contribution in [2.75, 3.05) is 11.5 Å². The van der Waals surface area contributed by atoms with Gasteiger partial charge in [-0.05, 0) is 30.7 Å². The van der Waals surface area contributed by atoms with E-state index in [9.17, 15) is 13.9 Å². The topological polar surface area (TPSA) is 20.2 Å². The van der Waals surface area contributed by atoms with Gasteiger partial charge >= 0.3 is 0 Å². The zero-order valence-electron chi connectivity index (χ0n) is 8.39. The molecule has 1 atom stereocenters. The molecule has 0 aliphatic carbocycles. The van der Waals surface area contributed by atoms with E-state index in [1.54, 1.807) is 6.92 Å². The fraction of sp³-hybridized carbons (Fsp3) is 0.455. The maximum Gasteiger partial charge on any atom is 0.135 e. The van der Waals surface area contributed by atoms with Crippen molar-refractivity contribution in [1.82, 2.24) is 0 Å². The first-order valence-electron chi connectivity index (χ1n) is 4.80. The van der Waals surface area contributed by atoms with E-state index in [1.807, 2.05) is 0 Å². The van der Waals surface area contributed by atoms with Gasteiger partial charge in [-0.25, -0.2) is 8.78 Å². The summed E-state index contributed by atoms with van der Waals surface area (Å²) in [6.45, 7) is 1.57. The number of benzene rings is 1. The Balaban J connectivity index is 2.55. The number of halogens is 2. The Morgan fingerprint density at radius 1 is 1.40 bits per heavy atom. The van der Waals surface area contributed by atoms with Crippen LogP contribution in [0.3, 0.4) is 0 Å². The Morgan fingerprint density at radius 3 is 2.73 bits per heavy atom. The molecule has 1 N–H and O–H groups in total. The predicted octanol–water partition coefficient (Wildman–Crippen LogP) is 2.60. The van der Waals surface area contributed by atoms with Crippen LogP contribution in [0, 0.1) is 18.6 Å². The van der Waals surface area contributed by atoms with Crippen molar-refractivity contribution in [3.63, 3.8) is 0 Å². The van der Waals surface area contributed by atoms with Gasteiger partial charge in [0.2, 0.25) is 0 Å². The number of hydrogen-bond acceptors (Lipinski definition) is 2. The largest absolute Gasteiger partial charge is 0.384 e. The molecule has 0 amide bonds. The summed E-state index contributed by atoms with van der Waals surface area (Å²) < 4.78 is 27.3. The van der Waals surface area contributed by atoms with Crippen LogP contribution in [0.4, 0.5) is 8.78 Å². The van der Waals surface area contributed by atoms with Crippen molar-refractivity contribution in [1.29, 1.82) is 0 Å². The van der Waals surface area contributed by atoms with E-state index < -0.39 is 17.2 Å². The molecule has 1 aliphatic heterocycles. The van der Waals surface area contributed by atoms with E-state index in [0.29, 0.717) is 17.7 Å². The Bertz CT molecular complexity index is 386. The van der Waals surface area contributed by atoms with E-state index in [-0.39, 0.29) is 5.56 Å². The first-order valence-corrected chi connectivity index (χ1v) is 5.95. The van der Waals surface area contributed by atoms with Crippen molar-refractivity contribution in [2.45, 2.75) is 18.9 Å². The molecule has 1 nitrogen and oxygen atoms in total. The van der Waals surface area contributed by atoms with Crippen LogP contribution in [0.25, 0.3) is 0 Å². The lowest BCUT2D eigenvalue weighted by Gasteiger charge is -2.23. The van der Waals surface area contributed by atoms with E-state index >= 15 is 0 Å². The average Bonchev–Trinajstić information content (AvgIpc) is 2.60. The third-order valence-corrected chi connectivity index (χ3v) is 3.92. The normalized spacial score (nSPS) is 25.9. The molecule has 15 heavy (non-hydrogen) atoms. The summed E-state index contributed by atoms with van der Waals surface area (Å²) in [4.78, 5) is 0. The molecule has 82 valence electrons. The Morgan fingerprint density at radius 2 is 2.13 bits per heavy atom. The summed E-state index contributed by atoms with van der Waals surface area (Å²) in [7, 11) is 0. The van der Waals surface area contributed by atoms with Gasteiger partial charge in [0.25, 0.3) is 0 Å². The van der Waals surface area contributed by atoms with Crippen LogP contribution in [-0.2, 0) is 5.60 Å². The van der Waals surface area contributed by atoms with Crippen LogP contribution >= 0.6 is 11.8 Å². The van der Waals surface area contributed by atoms with Crippen LogP contribution in [0.2, 0.25) is 0 Å². The molecule has 4 heteroatoms. The van der Waals surface area contributed by atoms with Crippen molar-refractivity contribution in [3.05, 3.63) is 34.9 Å².